The number of halogens is 3. The molecule has 1 aromatic carbocycles. The van der Waals surface area contributed by atoms with Crippen molar-refractivity contribution >= 4 is 23.2 Å². The van der Waals surface area contributed by atoms with Gasteiger partial charge in [0.1, 0.15) is 16.7 Å². The number of aromatic nitrogens is 3. The third-order valence-electron chi connectivity index (χ3n) is 3.80. The SMILES string of the molecule is O=C(NC1CC1)c1nn2cccnc2c1-c1cc(F)c(Cl)c(F)c1. The van der Waals surface area contributed by atoms with Gasteiger partial charge in [-0.1, -0.05) is 11.6 Å². The van der Waals surface area contributed by atoms with E-state index in [1.807, 2.05) is 0 Å². The van der Waals surface area contributed by atoms with Crippen LogP contribution in [0, 0.1) is 11.6 Å². The molecule has 5 nitrogen and oxygen atoms in total. The summed E-state index contributed by atoms with van der Waals surface area (Å²) in [4.78, 5) is 16.6. The second-order valence-electron chi connectivity index (χ2n) is 5.61. The number of rotatable bonds is 3. The summed E-state index contributed by atoms with van der Waals surface area (Å²) in [6.07, 6.45) is 4.96. The van der Waals surface area contributed by atoms with Crippen LogP contribution in [0.3, 0.4) is 0 Å². The molecule has 0 unspecified atom stereocenters. The first-order chi connectivity index (χ1) is 11.5. The molecule has 0 radical (unpaired) electrons. The third kappa shape index (κ3) is 2.50. The van der Waals surface area contributed by atoms with E-state index >= 15 is 0 Å². The van der Waals surface area contributed by atoms with Gasteiger partial charge in [0.2, 0.25) is 0 Å². The van der Waals surface area contributed by atoms with Gasteiger partial charge >= 0.3 is 0 Å². The van der Waals surface area contributed by atoms with Crippen molar-refractivity contribution in [2.24, 2.45) is 0 Å². The first-order valence-electron chi connectivity index (χ1n) is 7.33. The lowest BCUT2D eigenvalue weighted by Crippen LogP contribution is -2.26. The number of benzene rings is 1. The highest BCUT2D eigenvalue weighted by atomic mass is 35.5. The van der Waals surface area contributed by atoms with E-state index in [0.29, 0.717) is 5.65 Å². The maximum absolute atomic E-state index is 13.9. The normalized spacial score (nSPS) is 14.1. The quantitative estimate of drug-likeness (QED) is 0.739. The maximum Gasteiger partial charge on any atom is 0.272 e. The molecule has 1 saturated carbocycles. The van der Waals surface area contributed by atoms with Crippen LogP contribution in [-0.4, -0.2) is 26.5 Å². The molecule has 1 amide bonds. The second kappa shape index (κ2) is 5.52. The first kappa shape index (κ1) is 15.0. The highest BCUT2D eigenvalue weighted by molar-refractivity contribution is 6.31. The number of hydrogen-bond acceptors (Lipinski definition) is 3. The van der Waals surface area contributed by atoms with Gasteiger partial charge in [-0.05, 0) is 36.6 Å². The minimum atomic E-state index is -0.907. The van der Waals surface area contributed by atoms with Crippen molar-refractivity contribution in [1.82, 2.24) is 19.9 Å². The molecule has 0 bridgehead atoms. The number of nitrogens with zero attached hydrogens (tertiary/aromatic N) is 3. The van der Waals surface area contributed by atoms with Crippen LogP contribution >= 0.6 is 11.6 Å². The molecule has 24 heavy (non-hydrogen) atoms. The van der Waals surface area contributed by atoms with Gasteiger partial charge in [-0.15, -0.1) is 0 Å². The Morgan fingerprint density at radius 2 is 2.00 bits per heavy atom. The summed E-state index contributed by atoms with van der Waals surface area (Å²) in [5.74, 6) is -2.21. The van der Waals surface area contributed by atoms with Gasteiger partial charge < -0.3 is 5.32 Å². The van der Waals surface area contributed by atoms with Crippen molar-refractivity contribution in [3.05, 3.63) is 52.9 Å². The number of hydrogen-bond donors (Lipinski definition) is 1. The Labute approximate surface area is 140 Å². The lowest BCUT2D eigenvalue weighted by molar-refractivity contribution is 0.0946. The molecule has 122 valence electrons. The van der Waals surface area contributed by atoms with Crippen LogP contribution in [-0.2, 0) is 0 Å². The molecule has 1 N–H and O–H groups in total. The van der Waals surface area contributed by atoms with Crippen molar-refractivity contribution in [1.29, 1.82) is 0 Å². The smallest absolute Gasteiger partial charge is 0.272 e. The highest BCUT2D eigenvalue weighted by Crippen LogP contribution is 2.32. The Balaban J connectivity index is 1.93. The predicted molar refractivity (Wildman–Crippen MR) is 83.8 cm³/mol. The predicted octanol–water partition coefficient (Wildman–Crippen LogP) is 3.22. The lowest BCUT2D eigenvalue weighted by atomic mass is 10.0. The molecule has 1 fully saturated rings. The minimum Gasteiger partial charge on any atom is -0.348 e. The number of amides is 1. The molecule has 1 aliphatic rings. The number of fused-ring (bicyclic) bond motifs is 1. The molecule has 0 aliphatic heterocycles. The largest absolute Gasteiger partial charge is 0.348 e. The van der Waals surface area contributed by atoms with Gasteiger partial charge in [0.15, 0.2) is 11.3 Å². The highest BCUT2D eigenvalue weighted by Gasteiger charge is 2.28. The van der Waals surface area contributed by atoms with E-state index in [1.54, 1.807) is 12.3 Å². The van der Waals surface area contributed by atoms with Gasteiger partial charge in [-0.3, -0.25) is 4.79 Å². The van der Waals surface area contributed by atoms with E-state index in [4.69, 9.17) is 11.6 Å². The van der Waals surface area contributed by atoms with Gasteiger partial charge in [0.25, 0.3) is 5.91 Å². The van der Waals surface area contributed by atoms with E-state index in [1.165, 1.54) is 10.7 Å². The summed E-state index contributed by atoms with van der Waals surface area (Å²) in [5.41, 5.74) is 0.827. The summed E-state index contributed by atoms with van der Waals surface area (Å²) in [7, 11) is 0. The fraction of sp³-hybridized carbons (Fsp3) is 0.188. The van der Waals surface area contributed by atoms with Gasteiger partial charge in [0, 0.05) is 18.4 Å². The Morgan fingerprint density at radius 1 is 1.29 bits per heavy atom. The molecular formula is C16H11ClF2N4O. The topological polar surface area (TPSA) is 59.3 Å². The minimum absolute atomic E-state index is 0.0710. The van der Waals surface area contributed by atoms with E-state index in [2.05, 4.69) is 15.4 Å². The van der Waals surface area contributed by atoms with Crippen LogP contribution < -0.4 is 5.32 Å². The van der Waals surface area contributed by atoms with E-state index in [9.17, 15) is 13.6 Å². The number of carbonyl (C=O) groups is 1. The van der Waals surface area contributed by atoms with Crippen LogP contribution in [0.2, 0.25) is 5.02 Å². The number of nitrogens with one attached hydrogen (secondary N) is 1. The molecule has 3 aromatic rings. The Bertz CT molecular complexity index is 945. The van der Waals surface area contributed by atoms with Crippen molar-refractivity contribution in [2.45, 2.75) is 18.9 Å². The van der Waals surface area contributed by atoms with Crippen LogP contribution in [0.5, 0.6) is 0 Å². The summed E-state index contributed by atoms with van der Waals surface area (Å²) < 4.78 is 29.1. The fourth-order valence-electron chi connectivity index (χ4n) is 2.49. The Kier molecular flexibility index (Phi) is 3.45. The molecule has 0 spiro atoms. The summed E-state index contributed by atoms with van der Waals surface area (Å²) in [5, 5.41) is 6.45. The van der Waals surface area contributed by atoms with Gasteiger partial charge in [-0.25, -0.2) is 18.3 Å². The van der Waals surface area contributed by atoms with Crippen LogP contribution in [0.25, 0.3) is 16.8 Å². The number of carbonyl (C=O) groups excluding carboxylic acids is 1. The summed E-state index contributed by atoms with van der Waals surface area (Å²) >= 11 is 5.54. The fourth-order valence-corrected chi connectivity index (χ4v) is 2.60. The van der Waals surface area contributed by atoms with Gasteiger partial charge in [-0.2, -0.15) is 5.10 Å². The van der Waals surface area contributed by atoms with Crippen LogP contribution in [0.1, 0.15) is 23.3 Å². The van der Waals surface area contributed by atoms with E-state index in [0.717, 1.165) is 25.0 Å². The zero-order valence-corrected chi connectivity index (χ0v) is 13.0. The van der Waals surface area contributed by atoms with Crippen molar-refractivity contribution in [3.63, 3.8) is 0 Å². The average Bonchev–Trinajstić information content (AvgIpc) is 3.28. The maximum atomic E-state index is 13.9. The summed E-state index contributed by atoms with van der Waals surface area (Å²) in [6.45, 7) is 0. The zero-order valence-electron chi connectivity index (χ0n) is 12.3. The Morgan fingerprint density at radius 3 is 2.67 bits per heavy atom. The lowest BCUT2D eigenvalue weighted by Gasteiger charge is -2.06. The van der Waals surface area contributed by atoms with Gasteiger partial charge in [0.05, 0.1) is 5.56 Å². The van der Waals surface area contributed by atoms with Crippen molar-refractivity contribution < 1.29 is 13.6 Å². The second-order valence-corrected chi connectivity index (χ2v) is 5.99. The Hall–Kier alpha value is -2.54. The average molecular weight is 349 g/mol. The van der Waals surface area contributed by atoms with E-state index < -0.39 is 22.6 Å². The monoisotopic (exact) mass is 348 g/mol. The van der Waals surface area contributed by atoms with Crippen molar-refractivity contribution in [3.8, 4) is 11.1 Å². The zero-order chi connectivity index (χ0) is 16.8. The molecular weight excluding hydrogens is 338 g/mol. The first-order valence-corrected chi connectivity index (χ1v) is 7.71. The molecule has 1 aliphatic carbocycles. The molecule has 2 aromatic heterocycles. The molecule has 0 saturated heterocycles. The molecule has 0 atom stereocenters. The third-order valence-corrected chi connectivity index (χ3v) is 4.16. The standard InChI is InChI=1S/C16H11ClF2N4O/c17-13-10(18)6-8(7-11(13)19)12-14(16(24)21-9-2-3-9)22-23-5-1-4-20-15(12)23/h1,4-7,9H,2-3H2,(H,21,24). The van der Waals surface area contributed by atoms with Crippen LogP contribution in [0.4, 0.5) is 8.78 Å². The molecule has 4 rings (SSSR count). The van der Waals surface area contributed by atoms with Crippen LogP contribution in [0.15, 0.2) is 30.6 Å². The van der Waals surface area contributed by atoms with Crippen molar-refractivity contribution in [2.75, 3.05) is 0 Å². The van der Waals surface area contributed by atoms with E-state index in [-0.39, 0.29) is 22.9 Å². The molecule has 2 heterocycles. The molecule has 8 heteroatoms. The summed E-state index contributed by atoms with van der Waals surface area (Å²) in [6, 6.07) is 3.92.